The van der Waals surface area contributed by atoms with Crippen molar-refractivity contribution in [2.24, 2.45) is 0 Å². The summed E-state index contributed by atoms with van der Waals surface area (Å²) < 4.78 is 11.2. The molecule has 0 spiro atoms. The van der Waals surface area contributed by atoms with E-state index in [2.05, 4.69) is 10.6 Å². The van der Waals surface area contributed by atoms with Crippen LogP contribution in [-0.4, -0.2) is 44.4 Å². The molecule has 1 saturated heterocycles. The van der Waals surface area contributed by atoms with Crippen molar-refractivity contribution in [3.63, 3.8) is 0 Å². The lowest BCUT2D eigenvalue weighted by Gasteiger charge is -2.24. The molecule has 5 nitrogen and oxygen atoms in total. The highest BCUT2D eigenvalue weighted by Crippen LogP contribution is 2.22. The third kappa shape index (κ3) is 6.37. The largest absolute Gasteiger partial charge is 0.491 e. The van der Waals surface area contributed by atoms with Crippen molar-refractivity contribution in [3.05, 3.63) is 29.3 Å². The second-order valence-corrected chi connectivity index (χ2v) is 5.93. The number of aryl methyl sites for hydroxylation is 2. The SMILES string of the molecule is Cc1cccc(C)c1OCC(C)NC(=O)CC1COCCN1.Cl. The molecule has 1 amide bonds. The first-order valence-corrected chi connectivity index (χ1v) is 7.85. The van der Waals surface area contributed by atoms with E-state index in [4.69, 9.17) is 9.47 Å². The smallest absolute Gasteiger partial charge is 0.221 e. The number of carbonyl (C=O) groups excluding carboxylic acids is 1. The number of benzene rings is 1. The highest BCUT2D eigenvalue weighted by molar-refractivity contribution is 5.85. The molecule has 6 heteroatoms. The molecule has 0 aromatic heterocycles. The van der Waals surface area contributed by atoms with E-state index in [1.165, 1.54) is 0 Å². The summed E-state index contributed by atoms with van der Waals surface area (Å²) in [5, 5.41) is 6.26. The quantitative estimate of drug-likeness (QED) is 0.830. The van der Waals surface area contributed by atoms with Gasteiger partial charge in [0.1, 0.15) is 12.4 Å². The van der Waals surface area contributed by atoms with Gasteiger partial charge in [0.25, 0.3) is 0 Å². The van der Waals surface area contributed by atoms with Crippen LogP contribution in [-0.2, 0) is 9.53 Å². The standard InChI is InChI=1S/C17H26N2O3.ClH/c1-12-5-4-6-13(2)17(12)22-10-14(3)19-16(20)9-15-11-21-8-7-18-15;/h4-6,14-15,18H,7-11H2,1-3H3,(H,19,20);1H. The third-order valence-corrected chi connectivity index (χ3v) is 3.72. The number of hydrogen-bond donors (Lipinski definition) is 2. The van der Waals surface area contributed by atoms with Gasteiger partial charge in [0.2, 0.25) is 5.91 Å². The molecule has 130 valence electrons. The van der Waals surface area contributed by atoms with E-state index in [0.717, 1.165) is 30.0 Å². The van der Waals surface area contributed by atoms with Crippen LogP contribution in [0.5, 0.6) is 5.75 Å². The average Bonchev–Trinajstić information content (AvgIpc) is 2.47. The maximum atomic E-state index is 12.0. The van der Waals surface area contributed by atoms with Gasteiger partial charge in [-0.2, -0.15) is 0 Å². The molecule has 1 heterocycles. The summed E-state index contributed by atoms with van der Waals surface area (Å²) in [6, 6.07) is 6.15. The number of rotatable bonds is 6. The number of morpholine rings is 1. The van der Waals surface area contributed by atoms with Gasteiger partial charge in [0.15, 0.2) is 0 Å². The highest BCUT2D eigenvalue weighted by atomic mass is 35.5. The van der Waals surface area contributed by atoms with Gasteiger partial charge in [-0.3, -0.25) is 4.79 Å². The van der Waals surface area contributed by atoms with Gasteiger partial charge in [-0.15, -0.1) is 12.4 Å². The number of nitrogens with one attached hydrogen (secondary N) is 2. The predicted octanol–water partition coefficient (Wildman–Crippen LogP) is 1.99. The fourth-order valence-corrected chi connectivity index (χ4v) is 2.59. The summed E-state index contributed by atoms with van der Waals surface area (Å²) in [7, 11) is 0. The molecule has 1 aliphatic rings. The van der Waals surface area contributed by atoms with Crippen LogP contribution in [0, 0.1) is 13.8 Å². The van der Waals surface area contributed by atoms with Crippen LogP contribution in [0.25, 0.3) is 0 Å². The van der Waals surface area contributed by atoms with Crippen molar-refractivity contribution in [1.29, 1.82) is 0 Å². The lowest BCUT2D eigenvalue weighted by Crippen LogP contribution is -2.46. The zero-order valence-electron chi connectivity index (χ0n) is 14.1. The van der Waals surface area contributed by atoms with Crippen LogP contribution in [0.2, 0.25) is 0 Å². The lowest BCUT2D eigenvalue weighted by molar-refractivity contribution is -0.123. The van der Waals surface area contributed by atoms with E-state index in [0.29, 0.717) is 19.6 Å². The molecule has 0 aliphatic carbocycles. The molecule has 1 aliphatic heterocycles. The molecule has 2 rings (SSSR count). The minimum Gasteiger partial charge on any atom is -0.491 e. The minimum atomic E-state index is -0.0315. The number of para-hydroxylation sites is 1. The summed E-state index contributed by atoms with van der Waals surface area (Å²) in [5.41, 5.74) is 2.23. The molecule has 23 heavy (non-hydrogen) atoms. The average molecular weight is 343 g/mol. The van der Waals surface area contributed by atoms with Gasteiger partial charge < -0.3 is 20.1 Å². The van der Waals surface area contributed by atoms with Crippen molar-refractivity contribution in [2.45, 2.75) is 39.3 Å². The van der Waals surface area contributed by atoms with Crippen LogP contribution in [0.4, 0.5) is 0 Å². The van der Waals surface area contributed by atoms with E-state index >= 15 is 0 Å². The van der Waals surface area contributed by atoms with Gasteiger partial charge in [-0.1, -0.05) is 18.2 Å². The first kappa shape index (κ1) is 19.7. The second-order valence-electron chi connectivity index (χ2n) is 5.93. The number of hydrogen-bond acceptors (Lipinski definition) is 4. The third-order valence-electron chi connectivity index (χ3n) is 3.72. The number of halogens is 1. The first-order chi connectivity index (χ1) is 10.6. The minimum absolute atomic E-state index is 0. The molecule has 0 bridgehead atoms. The van der Waals surface area contributed by atoms with Crippen LogP contribution in [0.1, 0.15) is 24.5 Å². The van der Waals surface area contributed by atoms with Gasteiger partial charge in [0.05, 0.1) is 19.3 Å². The maximum absolute atomic E-state index is 12.0. The van der Waals surface area contributed by atoms with Crippen molar-refractivity contribution in [3.8, 4) is 5.75 Å². The lowest BCUT2D eigenvalue weighted by atomic mass is 10.1. The van der Waals surface area contributed by atoms with Crippen LogP contribution in [0.3, 0.4) is 0 Å². The number of carbonyl (C=O) groups is 1. The topological polar surface area (TPSA) is 59.6 Å². The Kier molecular flexibility index (Phi) is 8.37. The fourth-order valence-electron chi connectivity index (χ4n) is 2.59. The van der Waals surface area contributed by atoms with Crippen LogP contribution < -0.4 is 15.4 Å². The summed E-state index contributed by atoms with van der Waals surface area (Å²) in [6.07, 6.45) is 0.438. The summed E-state index contributed by atoms with van der Waals surface area (Å²) in [6.45, 7) is 8.60. The molecule has 1 aromatic rings. The van der Waals surface area contributed by atoms with E-state index < -0.39 is 0 Å². The fraction of sp³-hybridized carbons (Fsp3) is 0.588. The van der Waals surface area contributed by atoms with Gasteiger partial charge in [-0.25, -0.2) is 0 Å². The van der Waals surface area contributed by atoms with E-state index in [1.54, 1.807) is 0 Å². The molecular weight excluding hydrogens is 316 g/mol. The first-order valence-electron chi connectivity index (χ1n) is 7.85. The van der Waals surface area contributed by atoms with E-state index in [1.807, 2.05) is 39.0 Å². The molecular formula is C17H27ClN2O3. The summed E-state index contributed by atoms with van der Waals surface area (Å²) >= 11 is 0. The normalized spacial score (nSPS) is 18.7. The van der Waals surface area contributed by atoms with Crippen molar-refractivity contribution in [2.75, 3.05) is 26.4 Å². The Hall–Kier alpha value is -1.30. The number of ether oxygens (including phenoxy) is 2. The maximum Gasteiger partial charge on any atom is 0.221 e. The van der Waals surface area contributed by atoms with Gasteiger partial charge in [0, 0.05) is 19.0 Å². The highest BCUT2D eigenvalue weighted by Gasteiger charge is 2.18. The molecule has 2 unspecified atom stereocenters. The predicted molar refractivity (Wildman–Crippen MR) is 93.5 cm³/mol. The Labute approximate surface area is 144 Å². The Morgan fingerprint density at radius 1 is 1.43 bits per heavy atom. The van der Waals surface area contributed by atoms with Crippen LogP contribution >= 0.6 is 12.4 Å². The second kappa shape index (κ2) is 9.75. The van der Waals surface area contributed by atoms with E-state index in [-0.39, 0.29) is 30.4 Å². The Bertz CT molecular complexity index is 484. The van der Waals surface area contributed by atoms with E-state index in [9.17, 15) is 4.79 Å². The molecule has 2 atom stereocenters. The molecule has 0 radical (unpaired) electrons. The van der Waals surface area contributed by atoms with Crippen molar-refractivity contribution < 1.29 is 14.3 Å². The van der Waals surface area contributed by atoms with Gasteiger partial charge >= 0.3 is 0 Å². The summed E-state index contributed by atoms with van der Waals surface area (Å²) in [5.74, 6) is 0.937. The summed E-state index contributed by atoms with van der Waals surface area (Å²) in [4.78, 5) is 12.0. The van der Waals surface area contributed by atoms with Crippen LogP contribution in [0.15, 0.2) is 18.2 Å². The molecule has 1 aromatic carbocycles. The van der Waals surface area contributed by atoms with Crippen molar-refractivity contribution in [1.82, 2.24) is 10.6 Å². The Morgan fingerprint density at radius 2 is 2.13 bits per heavy atom. The zero-order valence-corrected chi connectivity index (χ0v) is 14.9. The zero-order chi connectivity index (χ0) is 15.9. The Morgan fingerprint density at radius 3 is 2.74 bits per heavy atom. The molecule has 0 saturated carbocycles. The molecule has 1 fully saturated rings. The Balaban J connectivity index is 0.00000264. The number of amides is 1. The monoisotopic (exact) mass is 342 g/mol. The molecule has 2 N–H and O–H groups in total. The van der Waals surface area contributed by atoms with Crippen molar-refractivity contribution >= 4 is 18.3 Å². The van der Waals surface area contributed by atoms with Gasteiger partial charge in [-0.05, 0) is 31.9 Å².